The van der Waals surface area contributed by atoms with Gasteiger partial charge < -0.3 is 10.0 Å². The van der Waals surface area contributed by atoms with E-state index in [0.29, 0.717) is 35.8 Å². The van der Waals surface area contributed by atoms with E-state index in [0.717, 1.165) is 17.2 Å². The monoisotopic (exact) mass is 372 g/mol. The molecule has 136 valence electrons. The molecule has 1 saturated heterocycles. The molecule has 4 rings (SSSR count). The van der Waals surface area contributed by atoms with Crippen LogP contribution in [0.4, 0.5) is 5.82 Å². The van der Waals surface area contributed by atoms with Crippen molar-refractivity contribution in [1.29, 1.82) is 0 Å². The van der Waals surface area contributed by atoms with Gasteiger partial charge in [0.2, 0.25) is 0 Å². The smallest absolute Gasteiger partial charge is 0.184 e. The maximum absolute atomic E-state index is 9.67. The minimum absolute atomic E-state index is 0.216. The molecule has 0 bridgehead atoms. The molecular formula is C18H21ClN6O. The Labute approximate surface area is 156 Å². The molecule has 1 aliphatic rings. The maximum Gasteiger partial charge on any atom is 0.184 e. The average molecular weight is 373 g/mol. The number of hydrogen-bond acceptors (Lipinski definition) is 6. The van der Waals surface area contributed by atoms with Crippen molar-refractivity contribution >= 4 is 28.6 Å². The van der Waals surface area contributed by atoms with Gasteiger partial charge in [-0.25, -0.2) is 14.6 Å². The predicted molar refractivity (Wildman–Crippen MR) is 101 cm³/mol. The molecule has 1 N–H and O–H groups in total. The maximum atomic E-state index is 9.67. The second kappa shape index (κ2) is 6.17. The van der Waals surface area contributed by atoms with Crippen LogP contribution in [0.1, 0.15) is 32.2 Å². The van der Waals surface area contributed by atoms with Gasteiger partial charge in [0.15, 0.2) is 17.0 Å². The van der Waals surface area contributed by atoms with Gasteiger partial charge in [-0.3, -0.25) is 0 Å². The van der Waals surface area contributed by atoms with Crippen LogP contribution in [0.5, 0.6) is 0 Å². The molecule has 0 saturated carbocycles. The van der Waals surface area contributed by atoms with Crippen molar-refractivity contribution in [2.45, 2.75) is 38.8 Å². The Balaban J connectivity index is 1.83. The molecule has 3 heterocycles. The molecule has 2 aromatic heterocycles. The van der Waals surface area contributed by atoms with E-state index in [2.05, 4.69) is 31.1 Å². The van der Waals surface area contributed by atoms with Gasteiger partial charge in [-0.05, 0) is 11.6 Å². The largest absolute Gasteiger partial charge is 0.389 e. The van der Waals surface area contributed by atoms with Gasteiger partial charge in [-0.1, -0.05) is 55.8 Å². The number of rotatable bonds is 3. The number of β-amino-alcohol motifs (C(OH)–C–C–N with tert-alkyl or cyclic N) is 1. The van der Waals surface area contributed by atoms with E-state index >= 15 is 0 Å². The molecule has 7 nitrogen and oxygen atoms in total. The Morgan fingerprint density at radius 1 is 1.19 bits per heavy atom. The summed E-state index contributed by atoms with van der Waals surface area (Å²) < 4.78 is 1.76. The highest BCUT2D eigenvalue weighted by Crippen LogP contribution is 2.30. The SMILES string of the molecule is CC(C)(C)c1nc(N2CC(O)C2)c2nnn(Cc3ccccc3Cl)c2n1. The third-order valence-corrected chi connectivity index (χ3v) is 4.82. The molecule has 1 aliphatic heterocycles. The van der Waals surface area contributed by atoms with Crippen molar-refractivity contribution < 1.29 is 5.11 Å². The van der Waals surface area contributed by atoms with Gasteiger partial charge in [-0.2, -0.15) is 0 Å². The minimum Gasteiger partial charge on any atom is -0.389 e. The molecule has 0 spiro atoms. The standard InChI is InChI=1S/C18H21ClN6O/c1-18(2,3)17-20-15(24-9-12(26)10-24)14-16(21-17)25(23-22-14)8-11-6-4-5-7-13(11)19/h4-7,12,26H,8-10H2,1-3H3. The van der Waals surface area contributed by atoms with Gasteiger partial charge >= 0.3 is 0 Å². The highest BCUT2D eigenvalue weighted by atomic mass is 35.5. The quantitative estimate of drug-likeness (QED) is 0.760. The number of benzene rings is 1. The topological polar surface area (TPSA) is 80.0 Å². The highest BCUT2D eigenvalue weighted by Gasteiger charge is 2.31. The summed E-state index contributed by atoms with van der Waals surface area (Å²) in [7, 11) is 0. The van der Waals surface area contributed by atoms with E-state index in [1.165, 1.54) is 0 Å². The number of aromatic nitrogens is 5. The predicted octanol–water partition coefficient (Wildman–Crippen LogP) is 2.40. The Bertz CT molecular complexity index is 958. The van der Waals surface area contributed by atoms with E-state index in [1.807, 2.05) is 29.2 Å². The van der Waals surface area contributed by atoms with Crippen molar-refractivity contribution in [3.63, 3.8) is 0 Å². The van der Waals surface area contributed by atoms with Crippen LogP contribution in [-0.4, -0.2) is 49.3 Å². The number of hydrogen-bond donors (Lipinski definition) is 1. The number of nitrogens with zero attached hydrogens (tertiary/aromatic N) is 6. The van der Waals surface area contributed by atoms with E-state index in [9.17, 15) is 5.11 Å². The van der Waals surface area contributed by atoms with E-state index in [1.54, 1.807) is 4.68 Å². The first-order valence-corrected chi connectivity index (χ1v) is 8.99. The lowest BCUT2D eigenvalue weighted by Gasteiger charge is -2.37. The molecule has 0 aliphatic carbocycles. The first kappa shape index (κ1) is 17.2. The average Bonchev–Trinajstić information content (AvgIpc) is 2.96. The lowest BCUT2D eigenvalue weighted by Crippen LogP contribution is -2.51. The van der Waals surface area contributed by atoms with Crippen LogP contribution >= 0.6 is 11.6 Å². The van der Waals surface area contributed by atoms with Gasteiger partial charge in [0.25, 0.3) is 0 Å². The van der Waals surface area contributed by atoms with Gasteiger partial charge in [0.05, 0.1) is 12.6 Å². The van der Waals surface area contributed by atoms with Crippen LogP contribution < -0.4 is 4.90 Å². The molecular weight excluding hydrogens is 352 g/mol. The number of fused-ring (bicyclic) bond motifs is 1. The van der Waals surface area contributed by atoms with Gasteiger partial charge in [0, 0.05) is 23.5 Å². The third-order valence-electron chi connectivity index (χ3n) is 4.45. The van der Waals surface area contributed by atoms with Gasteiger partial charge in [0.1, 0.15) is 5.82 Å². The summed E-state index contributed by atoms with van der Waals surface area (Å²) in [5.41, 5.74) is 2.07. The summed E-state index contributed by atoms with van der Waals surface area (Å²) in [6, 6.07) is 7.67. The third kappa shape index (κ3) is 3.01. The van der Waals surface area contributed by atoms with Crippen LogP contribution in [0.25, 0.3) is 11.2 Å². The Hall–Kier alpha value is -2.25. The number of aliphatic hydroxyl groups is 1. The normalized spacial score (nSPS) is 15.5. The second-order valence-corrected chi connectivity index (χ2v) is 8.10. The summed E-state index contributed by atoms with van der Waals surface area (Å²) in [6.45, 7) is 7.81. The van der Waals surface area contributed by atoms with Crippen molar-refractivity contribution in [3.05, 3.63) is 40.7 Å². The summed E-state index contributed by atoms with van der Waals surface area (Å²) in [5.74, 6) is 1.46. The lowest BCUT2D eigenvalue weighted by atomic mass is 9.95. The van der Waals surface area contributed by atoms with Gasteiger partial charge in [-0.15, -0.1) is 5.10 Å². The summed E-state index contributed by atoms with van der Waals surface area (Å²) >= 11 is 6.30. The van der Waals surface area contributed by atoms with Crippen molar-refractivity contribution in [2.24, 2.45) is 0 Å². The minimum atomic E-state index is -0.323. The summed E-state index contributed by atoms with van der Waals surface area (Å²) in [6.07, 6.45) is -0.323. The van der Waals surface area contributed by atoms with Crippen LogP contribution in [0.3, 0.4) is 0 Å². The van der Waals surface area contributed by atoms with Crippen LogP contribution in [0.2, 0.25) is 5.02 Å². The number of aliphatic hydroxyl groups excluding tert-OH is 1. The molecule has 0 radical (unpaired) electrons. The summed E-state index contributed by atoms with van der Waals surface area (Å²) in [4.78, 5) is 11.5. The Morgan fingerprint density at radius 3 is 2.58 bits per heavy atom. The van der Waals surface area contributed by atoms with Crippen molar-refractivity contribution in [2.75, 3.05) is 18.0 Å². The number of halogens is 1. The zero-order valence-corrected chi connectivity index (χ0v) is 15.8. The fourth-order valence-corrected chi connectivity index (χ4v) is 3.12. The second-order valence-electron chi connectivity index (χ2n) is 7.69. The Kier molecular flexibility index (Phi) is 4.08. The first-order chi connectivity index (χ1) is 12.3. The fourth-order valence-electron chi connectivity index (χ4n) is 2.92. The fraction of sp³-hybridized carbons (Fsp3) is 0.444. The molecule has 8 heteroatoms. The molecule has 26 heavy (non-hydrogen) atoms. The highest BCUT2D eigenvalue weighted by molar-refractivity contribution is 6.31. The van der Waals surface area contributed by atoms with E-state index < -0.39 is 0 Å². The molecule has 1 fully saturated rings. The zero-order valence-electron chi connectivity index (χ0n) is 15.0. The lowest BCUT2D eigenvalue weighted by molar-refractivity contribution is 0.141. The van der Waals surface area contributed by atoms with Crippen LogP contribution in [-0.2, 0) is 12.0 Å². The van der Waals surface area contributed by atoms with E-state index in [-0.39, 0.29) is 11.5 Å². The summed E-state index contributed by atoms with van der Waals surface area (Å²) in [5, 5.41) is 19.0. The first-order valence-electron chi connectivity index (χ1n) is 8.61. The van der Waals surface area contributed by atoms with Crippen molar-refractivity contribution in [3.8, 4) is 0 Å². The molecule has 0 amide bonds. The molecule has 3 aromatic rings. The van der Waals surface area contributed by atoms with Crippen LogP contribution in [0, 0.1) is 0 Å². The molecule has 0 unspecified atom stereocenters. The molecule has 0 atom stereocenters. The van der Waals surface area contributed by atoms with Crippen LogP contribution in [0.15, 0.2) is 24.3 Å². The number of anilines is 1. The zero-order chi connectivity index (χ0) is 18.5. The van der Waals surface area contributed by atoms with E-state index in [4.69, 9.17) is 21.6 Å². The molecule has 1 aromatic carbocycles. The Morgan fingerprint density at radius 2 is 1.92 bits per heavy atom. The van der Waals surface area contributed by atoms with Crippen molar-refractivity contribution in [1.82, 2.24) is 25.0 Å².